The highest BCUT2D eigenvalue weighted by Gasteiger charge is 2.16. The third-order valence-electron chi connectivity index (χ3n) is 4.84. The van der Waals surface area contributed by atoms with Crippen molar-refractivity contribution >= 4 is 23.6 Å². The summed E-state index contributed by atoms with van der Waals surface area (Å²) in [6.07, 6.45) is 0.489. The van der Waals surface area contributed by atoms with Crippen LogP contribution in [0.25, 0.3) is 0 Å². The van der Waals surface area contributed by atoms with Gasteiger partial charge in [0.05, 0.1) is 14.2 Å². The van der Waals surface area contributed by atoms with Crippen molar-refractivity contribution in [3.63, 3.8) is 0 Å². The maximum absolute atomic E-state index is 12.3. The van der Waals surface area contributed by atoms with E-state index in [2.05, 4.69) is 16.0 Å². The average molecular weight is 486 g/mol. The Balaban J connectivity index is 1.71. The lowest BCUT2D eigenvalue weighted by molar-refractivity contribution is -0.121. The third kappa shape index (κ3) is 10.4. The molecule has 0 saturated carbocycles. The second-order valence-corrected chi connectivity index (χ2v) is 8.89. The number of hydrogen-bond acceptors (Lipinski definition) is 6. The Hall–Kier alpha value is -3.75. The smallest absolute Gasteiger partial charge is 0.407 e. The van der Waals surface area contributed by atoms with Gasteiger partial charge in [-0.25, -0.2) is 4.79 Å². The lowest BCUT2D eigenvalue weighted by Gasteiger charge is -2.19. The highest BCUT2D eigenvalue weighted by atomic mass is 16.6. The number of methoxy groups -OCH3 is 2. The summed E-state index contributed by atoms with van der Waals surface area (Å²) in [7, 11) is 3.16. The molecule has 0 atom stereocenters. The highest BCUT2D eigenvalue weighted by Crippen LogP contribution is 2.28. The van der Waals surface area contributed by atoms with Gasteiger partial charge >= 0.3 is 6.09 Å². The normalized spacial score (nSPS) is 10.8. The van der Waals surface area contributed by atoms with E-state index in [0.29, 0.717) is 36.6 Å². The zero-order valence-corrected chi connectivity index (χ0v) is 21.0. The fourth-order valence-electron chi connectivity index (χ4n) is 3.10. The number of alkyl carbamates (subject to hydrolysis) is 1. The van der Waals surface area contributed by atoms with Gasteiger partial charge in [-0.2, -0.15) is 0 Å². The van der Waals surface area contributed by atoms with Gasteiger partial charge in [0.1, 0.15) is 5.60 Å². The van der Waals surface area contributed by atoms with Crippen LogP contribution in [0.3, 0.4) is 0 Å². The van der Waals surface area contributed by atoms with Gasteiger partial charge in [0, 0.05) is 31.6 Å². The molecule has 2 rings (SSSR count). The summed E-state index contributed by atoms with van der Waals surface area (Å²) >= 11 is 0. The topological polar surface area (TPSA) is 115 Å². The number of hydrogen-bond donors (Lipinski definition) is 3. The summed E-state index contributed by atoms with van der Waals surface area (Å²) in [4.78, 5) is 35.9. The molecule has 0 aliphatic heterocycles. The van der Waals surface area contributed by atoms with Crippen LogP contribution in [0.2, 0.25) is 0 Å². The molecule has 0 bridgehead atoms. The molecule has 0 aliphatic rings. The largest absolute Gasteiger partial charge is 0.493 e. The zero-order chi connectivity index (χ0) is 25.8. The van der Waals surface area contributed by atoms with Crippen molar-refractivity contribution < 1.29 is 28.6 Å². The molecular formula is C26H35N3O6. The zero-order valence-electron chi connectivity index (χ0n) is 21.0. The maximum Gasteiger partial charge on any atom is 0.407 e. The van der Waals surface area contributed by atoms with Crippen LogP contribution in [-0.4, -0.2) is 44.3 Å². The summed E-state index contributed by atoms with van der Waals surface area (Å²) in [5.41, 5.74) is 1.97. The molecule has 0 fully saturated rings. The van der Waals surface area contributed by atoms with Crippen LogP contribution in [-0.2, 0) is 27.3 Å². The Labute approximate surface area is 206 Å². The van der Waals surface area contributed by atoms with E-state index in [9.17, 15) is 14.4 Å². The van der Waals surface area contributed by atoms with Crippen LogP contribution >= 0.6 is 0 Å². The standard InChI is InChI=1S/C26H35N3O6/c1-26(2,3)35-25(32)27-15-14-23(30)28-17-19-6-10-20(11-7-19)29-24(31)13-9-18-8-12-21(33-4)22(16-18)34-5/h6-8,10-12,16H,9,13-15,17H2,1-5H3,(H,27,32)(H,28,30)(H,29,31). The molecule has 9 nitrogen and oxygen atoms in total. The number of carbonyl (C=O) groups excluding carboxylic acids is 3. The van der Waals surface area contributed by atoms with Crippen molar-refractivity contribution in [2.24, 2.45) is 0 Å². The summed E-state index contributed by atoms with van der Waals surface area (Å²) in [6, 6.07) is 12.8. The maximum atomic E-state index is 12.3. The molecule has 3 amide bonds. The van der Waals surface area contributed by atoms with Crippen LogP contribution in [0.5, 0.6) is 11.5 Å². The molecule has 0 saturated heterocycles. The summed E-state index contributed by atoms with van der Waals surface area (Å²) < 4.78 is 15.6. The molecular weight excluding hydrogens is 450 g/mol. The molecule has 0 spiro atoms. The minimum atomic E-state index is -0.581. The highest BCUT2D eigenvalue weighted by molar-refractivity contribution is 5.90. The monoisotopic (exact) mass is 485 g/mol. The van der Waals surface area contributed by atoms with E-state index >= 15 is 0 Å². The van der Waals surface area contributed by atoms with Gasteiger partial charge in [0.25, 0.3) is 0 Å². The van der Waals surface area contributed by atoms with Crippen LogP contribution < -0.4 is 25.4 Å². The van der Waals surface area contributed by atoms with Gasteiger partial charge in [-0.05, 0) is 62.6 Å². The van der Waals surface area contributed by atoms with E-state index in [0.717, 1.165) is 11.1 Å². The Morgan fingerprint density at radius 3 is 2.09 bits per heavy atom. The summed E-state index contributed by atoms with van der Waals surface area (Å²) in [6.45, 7) is 5.86. The molecule has 35 heavy (non-hydrogen) atoms. The van der Waals surface area contributed by atoms with Crippen molar-refractivity contribution in [3.8, 4) is 11.5 Å². The fraction of sp³-hybridized carbons (Fsp3) is 0.423. The fourth-order valence-corrected chi connectivity index (χ4v) is 3.10. The molecule has 0 radical (unpaired) electrons. The van der Waals surface area contributed by atoms with E-state index in [4.69, 9.17) is 14.2 Å². The van der Waals surface area contributed by atoms with E-state index in [1.807, 2.05) is 30.3 Å². The van der Waals surface area contributed by atoms with Crippen LogP contribution in [0, 0.1) is 0 Å². The molecule has 0 aliphatic carbocycles. The van der Waals surface area contributed by atoms with Crippen molar-refractivity contribution in [3.05, 3.63) is 53.6 Å². The molecule has 0 unspecified atom stereocenters. The predicted octanol–water partition coefficient (Wildman–Crippen LogP) is 3.81. The van der Waals surface area contributed by atoms with Crippen LogP contribution in [0.4, 0.5) is 10.5 Å². The van der Waals surface area contributed by atoms with E-state index in [1.54, 1.807) is 47.1 Å². The minimum absolute atomic E-state index is 0.0988. The second-order valence-electron chi connectivity index (χ2n) is 8.89. The molecule has 3 N–H and O–H groups in total. The molecule has 0 aromatic heterocycles. The van der Waals surface area contributed by atoms with Gasteiger partial charge in [-0.15, -0.1) is 0 Å². The quantitative estimate of drug-likeness (QED) is 0.446. The number of amides is 3. The Kier molecular flexibility index (Phi) is 10.4. The number of anilines is 1. The molecule has 9 heteroatoms. The first-order valence-corrected chi connectivity index (χ1v) is 11.4. The predicted molar refractivity (Wildman–Crippen MR) is 134 cm³/mol. The van der Waals surface area contributed by atoms with Gasteiger partial charge in [-0.3, -0.25) is 9.59 Å². The van der Waals surface area contributed by atoms with Crippen molar-refractivity contribution in [1.29, 1.82) is 0 Å². The SMILES string of the molecule is COc1ccc(CCC(=O)Nc2ccc(CNC(=O)CCNC(=O)OC(C)(C)C)cc2)cc1OC. The minimum Gasteiger partial charge on any atom is -0.493 e. The third-order valence-corrected chi connectivity index (χ3v) is 4.84. The van der Waals surface area contributed by atoms with Crippen LogP contribution in [0.1, 0.15) is 44.7 Å². The van der Waals surface area contributed by atoms with E-state index in [-0.39, 0.29) is 24.8 Å². The average Bonchev–Trinajstić information content (AvgIpc) is 2.81. The van der Waals surface area contributed by atoms with E-state index in [1.165, 1.54) is 0 Å². The van der Waals surface area contributed by atoms with Gasteiger partial charge < -0.3 is 30.2 Å². The van der Waals surface area contributed by atoms with Gasteiger partial charge in [-0.1, -0.05) is 18.2 Å². The Bertz CT molecular complexity index is 999. The molecule has 2 aromatic rings. The van der Waals surface area contributed by atoms with Crippen molar-refractivity contribution in [1.82, 2.24) is 10.6 Å². The molecule has 0 heterocycles. The van der Waals surface area contributed by atoms with Crippen molar-refractivity contribution in [2.45, 2.75) is 52.2 Å². The first kappa shape index (κ1) is 27.5. The first-order valence-electron chi connectivity index (χ1n) is 11.4. The first-order chi connectivity index (χ1) is 16.6. The lowest BCUT2D eigenvalue weighted by atomic mass is 10.1. The summed E-state index contributed by atoms with van der Waals surface area (Å²) in [5.74, 6) is 0.994. The van der Waals surface area contributed by atoms with Gasteiger partial charge in [0.15, 0.2) is 11.5 Å². The number of nitrogens with one attached hydrogen (secondary N) is 3. The number of aryl methyl sites for hydroxylation is 1. The van der Waals surface area contributed by atoms with Crippen molar-refractivity contribution in [2.75, 3.05) is 26.1 Å². The number of ether oxygens (including phenoxy) is 3. The Morgan fingerprint density at radius 1 is 0.800 bits per heavy atom. The molecule has 2 aromatic carbocycles. The Morgan fingerprint density at radius 2 is 1.46 bits per heavy atom. The van der Waals surface area contributed by atoms with Crippen LogP contribution in [0.15, 0.2) is 42.5 Å². The second kappa shape index (κ2) is 13.2. The lowest BCUT2D eigenvalue weighted by Crippen LogP contribution is -2.35. The summed E-state index contributed by atoms with van der Waals surface area (Å²) in [5, 5.41) is 8.23. The molecule has 190 valence electrons. The van der Waals surface area contributed by atoms with Gasteiger partial charge in [0.2, 0.25) is 11.8 Å². The number of rotatable bonds is 11. The van der Waals surface area contributed by atoms with E-state index < -0.39 is 11.7 Å². The number of carbonyl (C=O) groups is 3. The number of benzene rings is 2.